The summed E-state index contributed by atoms with van der Waals surface area (Å²) in [5, 5.41) is 20.2. The Morgan fingerprint density at radius 1 is 1.07 bits per heavy atom. The van der Waals surface area contributed by atoms with Gasteiger partial charge in [-0.3, -0.25) is 10.1 Å². The van der Waals surface area contributed by atoms with E-state index in [2.05, 4.69) is 0 Å². The second kappa shape index (κ2) is 8.59. The summed E-state index contributed by atoms with van der Waals surface area (Å²) >= 11 is 0. The van der Waals surface area contributed by atoms with Crippen LogP contribution >= 0.6 is 0 Å². The lowest BCUT2D eigenvalue weighted by Gasteiger charge is -2.08. The average molecular weight is 420 g/mol. The molecule has 0 amide bonds. The van der Waals surface area contributed by atoms with Crippen molar-refractivity contribution >= 4 is 27.5 Å². The molecule has 8 heteroatoms. The zero-order chi connectivity index (χ0) is 21.7. The second-order valence-electron chi connectivity index (χ2n) is 6.40. The maximum Gasteiger partial charge on any atom is 0.339 e. The molecule has 3 rings (SSSR count). The van der Waals surface area contributed by atoms with Crippen molar-refractivity contribution in [2.45, 2.75) is 11.8 Å². The van der Waals surface area contributed by atoms with Crippen molar-refractivity contribution in [2.75, 3.05) is 0 Å². The van der Waals surface area contributed by atoms with E-state index in [4.69, 9.17) is 4.18 Å². The summed E-state index contributed by atoms with van der Waals surface area (Å²) in [6.07, 6.45) is 1.55. The van der Waals surface area contributed by atoms with E-state index >= 15 is 0 Å². The van der Waals surface area contributed by atoms with Gasteiger partial charge < -0.3 is 4.18 Å². The number of aryl methyl sites for hydroxylation is 1. The smallest absolute Gasteiger partial charge is 0.339 e. The summed E-state index contributed by atoms with van der Waals surface area (Å²) < 4.78 is 30.1. The highest BCUT2D eigenvalue weighted by molar-refractivity contribution is 7.87. The largest absolute Gasteiger partial charge is 0.379 e. The first-order chi connectivity index (χ1) is 14.3. The molecule has 7 nitrogen and oxygen atoms in total. The lowest BCUT2D eigenvalue weighted by molar-refractivity contribution is -0.384. The Kier molecular flexibility index (Phi) is 5.95. The lowest BCUT2D eigenvalue weighted by atomic mass is 10.0. The van der Waals surface area contributed by atoms with Crippen LogP contribution in [0.4, 0.5) is 5.69 Å². The molecule has 3 aromatic carbocycles. The minimum Gasteiger partial charge on any atom is -0.379 e. The fraction of sp³-hybridized carbons (Fsp3) is 0.0455. The van der Waals surface area contributed by atoms with E-state index in [1.165, 1.54) is 48.5 Å². The zero-order valence-electron chi connectivity index (χ0n) is 15.8. The van der Waals surface area contributed by atoms with Gasteiger partial charge in [0.15, 0.2) is 0 Å². The number of hydrogen-bond donors (Lipinski definition) is 0. The van der Waals surface area contributed by atoms with E-state index in [0.717, 1.165) is 5.56 Å². The van der Waals surface area contributed by atoms with Gasteiger partial charge in [0.25, 0.3) is 5.69 Å². The number of nitro groups is 1. The molecule has 0 aliphatic heterocycles. The molecule has 0 saturated heterocycles. The molecule has 0 N–H and O–H groups in total. The van der Waals surface area contributed by atoms with Crippen LogP contribution in [0.25, 0.3) is 11.6 Å². The second-order valence-corrected chi connectivity index (χ2v) is 7.94. The predicted molar refractivity (Wildman–Crippen MR) is 112 cm³/mol. The summed E-state index contributed by atoms with van der Waals surface area (Å²) in [7, 11) is -4.00. The van der Waals surface area contributed by atoms with Crippen molar-refractivity contribution < 1.29 is 17.5 Å². The Hall–Kier alpha value is -3.96. The fourth-order valence-corrected chi connectivity index (χ4v) is 3.57. The summed E-state index contributed by atoms with van der Waals surface area (Å²) in [6, 6.07) is 20.2. The normalized spacial score (nSPS) is 11.5. The third-order valence-electron chi connectivity index (χ3n) is 4.19. The van der Waals surface area contributed by atoms with Gasteiger partial charge in [0, 0.05) is 12.1 Å². The highest BCUT2D eigenvalue weighted by atomic mass is 32.2. The molecule has 0 fully saturated rings. The maximum atomic E-state index is 12.5. The van der Waals surface area contributed by atoms with Crippen LogP contribution in [0.15, 0.2) is 77.7 Å². The molecule has 30 heavy (non-hydrogen) atoms. The monoisotopic (exact) mass is 420 g/mol. The number of benzene rings is 3. The third kappa shape index (κ3) is 4.90. The van der Waals surface area contributed by atoms with Crippen LogP contribution in [-0.4, -0.2) is 13.3 Å². The minimum atomic E-state index is -4.00. The molecular formula is C22H16N2O5S. The topological polar surface area (TPSA) is 110 Å². The molecule has 0 aliphatic rings. The summed E-state index contributed by atoms with van der Waals surface area (Å²) in [6.45, 7) is 1.85. The molecule has 0 aromatic heterocycles. The minimum absolute atomic E-state index is 0.0395. The van der Waals surface area contributed by atoms with E-state index in [0.29, 0.717) is 11.1 Å². The van der Waals surface area contributed by atoms with E-state index in [-0.39, 0.29) is 21.9 Å². The van der Waals surface area contributed by atoms with Gasteiger partial charge in [-0.05, 0) is 60.5 Å². The SMILES string of the molecule is Cc1ccc(S(=O)(=O)Oc2cccc(/C=C(/C#N)c3ccc([N+](=O)[O-])cc3)c2)cc1. The van der Waals surface area contributed by atoms with E-state index < -0.39 is 15.0 Å². The van der Waals surface area contributed by atoms with Crippen molar-refractivity contribution in [1.82, 2.24) is 0 Å². The summed E-state index contributed by atoms with van der Waals surface area (Å²) in [5.41, 5.74) is 2.16. The Morgan fingerprint density at radius 2 is 1.73 bits per heavy atom. The molecular weight excluding hydrogens is 404 g/mol. The molecule has 150 valence electrons. The number of allylic oxidation sites excluding steroid dienone is 1. The standard InChI is InChI=1S/C22H16N2O5S/c1-16-5-11-22(12-6-16)30(27,28)29-21-4-2-3-17(14-21)13-19(15-23)18-7-9-20(10-8-18)24(25)26/h2-14H,1H3/b19-13-. The van der Waals surface area contributed by atoms with Crippen molar-refractivity contribution in [1.29, 1.82) is 5.26 Å². The van der Waals surface area contributed by atoms with Gasteiger partial charge in [-0.25, -0.2) is 0 Å². The molecule has 3 aromatic rings. The van der Waals surface area contributed by atoms with E-state index in [9.17, 15) is 23.8 Å². The van der Waals surface area contributed by atoms with Gasteiger partial charge in [-0.2, -0.15) is 13.7 Å². The Bertz CT molecular complexity index is 1260. The van der Waals surface area contributed by atoms with Crippen LogP contribution in [0.2, 0.25) is 0 Å². The number of non-ortho nitro benzene ring substituents is 1. The highest BCUT2D eigenvalue weighted by Gasteiger charge is 2.16. The molecule has 0 unspecified atom stereocenters. The summed E-state index contributed by atoms with van der Waals surface area (Å²) in [5.74, 6) is 0.102. The predicted octanol–water partition coefficient (Wildman–Crippen LogP) is 4.74. The maximum absolute atomic E-state index is 12.5. The zero-order valence-corrected chi connectivity index (χ0v) is 16.7. The molecule has 0 radical (unpaired) electrons. The van der Waals surface area contributed by atoms with Crippen molar-refractivity contribution in [2.24, 2.45) is 0 Å². The Morgan fingerprint density at radius 3 is 2.33 bits per heavy atom. The quantitative estimate of drug-likeness (QED) is 0.187. The molecule has 0 spiro atoms. The lowest BCUT2D eigenvalue weighted by Crippen LogP contribution is -2.09. The van der Waals surface area contributed by atoms with Gasteiger partial charge in [0.1, 0.15) is 10.6 Å². The molecule has 0 bridgehead atoms. The Balaban J connectivity index is 1.87. The first-order valence-electron chi connectivity index (χ1n) is 8.76. The molecule has 0 atom stereocenters. The molecule has 0 aliphatic carbocycles. The first kappa shape index (κ1) is 20.8. The van der Waals surface area contributed by atoms with Crippen molar-refractivity contribution in [3.05, 3.63) is 99.6 Å². The van der Waals surface area contributed by atoms with Crippen LogP contribution in [0, 0.1) is 28.4 Å². The van der Waals surface area contributed by atoms with Gasteiger partial charge in [-0.1, -0.05) is 29.8 Å². The van der Waals surface area contributed by atoms with Gasteiger partial charge in [0.05, 0.1) is 16.6 Å². The molecule has 0 saturated carbocycles. The third-order valence-corrected chi connectivity index (χ3v) is 5.46. The van der Waals surface area contributed by atoms with Crippen molar-refractivity contribution in [3.8, 4) is 11.8 Å². The Labute approximate surface area is 173 Å². The number of nitro benzene ring substituents is 1. The van der Waals surface area contributed by atoms with E-state index in [1.54, 1.807) is 30.3 Å². The number of nitriles is 1. The van der Waals surface area contributed by atoms with Crippen LogP contribution < -0.4 is 4.18 Å². The first-order valence-corrected chi connectivity index (χ1v) is 10.2. The van der Waals surface area contributed by atoms with Crippen molar-refractivity contribution in [3.63, 3.8) is 0 Å². The van der Waals surface area contributed by atoms with Crippen LogP contribution in [0.5, 0.6) is 5.75 Å². The highest BCUT2D eigenvalue weighted by Crippen LogP contribution is 2.24. The number of rotatable bonds is 6. The molecule has 0 heterocycles. The van der Waals surface area contributed by atoms with Crippen LogP contribution in [0.1, 0.15) is 16.7 Å². The van der Waals surface area contributed by atoms with Gasteiger partial charge in [0.2, 0.25) is 0 Å². The van der Waals surface area contributed by atoms with Gasteiger partial charge >= 0.3 is 10.1 Å². The fourth-order valence-electron chi connectivity index (χ4n) is 2.65. The average Bonchev–Trinajstić information content (AvgIpc) is 2.72. The summed E-state index contributed by atoms with van der Waals surface area (Å²) in [4.78, 5) is 10.3. The van der Waals surface area contributed by atoms with Crippen LogP contribution in [0.3, 0.4) is 0 Å². The van der Waals surface area contributed by atoms with Gasteiger partial charge in [-0.15, -0.1) is 0 Å². The van der Waals surface area contributed by atoms with E-state index in [1.807, 2.05) is 13.0 Å². The number of nitrogens with zero attached hydrogens (tertiary/aromatic N) is 2. The number of hydrogen-bond acceptors (Lipinski definition) is 6. The van der Waals surface area contributed by atoms with Crippen LogP contribution in [-0.2, 0) is 10.1 Å².